The summed E-state index contributed by atoms with van der Waals surface area (Å²) in [5, 5.41) is 3.23. The van der Waals surface area contributed by atoms with Gasteiger partial charge in [0.1, 0.15) is 0 Å². The fraction of sp³-hybridized carbons (Fsp3) is 0.696. The number of rotatable bonds is 9. The topological polar surface area (TPSA) is 44.8 Å². The third-order valence-corrected chi connectivity index (χ3v) is 6.37. The largest absolute Gasteiger partial charge is 0.379 e. The van der Waals surface area contributed by atoms with E-state index in [0.717, 1.165) is 51.3 Å². The summed E-state index contributed by atoms with van der Waals surface area (Å²) in [6, 6.07) is 8.53. The molecule has 0 radical (unpaired) electrons. The van der Waals surface area contributed by atoms with E-state index >= 15 is 0 Å². The molecule has 0 bridgehead atoms. The Morgan fingerprint density at radius 3 is 2.50 bits per heavy atom. The van der Waals surface area contributed by atoms with Crippen LogP contribution in [0.25, 0.3) is 0 Å². The third-order valence-electron chi connectivity index (χ3n) is 6.37. The van der Waals surface area contributed by atoms with Gasteiger partial charge < -0.3 is 10.1 Å². The van der Waals surface area contributed by atoms with Crippen molar-refractivity contribution in [3.05, 3.63) is 35.4 Å². The molecule has 0 spiro atoms. The molecule has 2 aliphatic heterocycles. The fourth-order valence-corrected chi connectivity index (χ4v) is 4.65. The van der Waals surface area contributed by atoms with Gasteiger partial charge in [-0.3, -0.25) is 14.6 Å². The lowest BCUT2D eigenvalue weighted by atomic mass is 9.92. The molecule has 2 fully saturated rings. The minimum absolute atomic E-state index is 0.0486. The van der Waals surface area contributed by atoms with Gasteiger partial charge in [-0.15, -0.1) is 0 Å². The Morgan fingerprint density at radius 1 is 1.11 bits per heavy atom. The lowest BCUT2D eigenvalue weighted by molar-refractivity contribution is 0.00191. The first-order chi connectivity index (χ1) is 13.7. The van der Waals surface area contributed by atoms with Crippen LogP contribution in [0.1, 0.15) is 55.5 Å². The standard InChI is InChI=1S/C23H37N3O2/c1-3-20(4-2)22(26-12-14-28-15-13-26)17-24-23(27)21-9-7-8-19(16-21)18-25-10-5-6-11-25/h7-9,16,20,22H,3-6,10-15,17-18H2,1-2H3,(H,24,27). The first-order valence-corrected chi connectivity index (χ1v) is 11.1. The zero-order valence-corrected chi connectivity index (χ0v) is 17.7. The molecule has 3 rings (SSSR count). The second-order valence-electron chi connectivity index (χ2n) is 8.19. The van der Waals surface area contributed by atoms with E-state index in [1.54, 1.807) is 0 Å². The number of carbonyl (C=O) groups is 1. The van der Waals surface area contributed by atoms with E-state index in [-0.39, 0.29) is 5.91 Å². The van der Waals surface area contributed by atoms with Crippen LogP contribution in [0, 0.1) is 5.92 Å². The molecule has 2 aliphatic rings. The highest BCUT2D eigenvalue weighted by Gasteiger charge is 2.27. The van der Waals surface area contributed by atoms with E-state index in [1.165, 1.54) is 31.5 Å². The Bertz CT molecular complexity index is 606. The van der Waals surface area contributed by atoms with Crippen molar-refractivity contribution in [3.8, 4) is 0 Å². The number of nitrogens with one attached hydrogen (secondary N) is 1. The number of likely N-dealkylation sites (tertiary alicyclic amines) is 1. The lowest BCUT2D eigenvalue weighted by Gasteiger charge is -2.38. The van der Waals surface area contributed by atoms with E-state index in [9.17, 15) is 4.79 Å². The maximum atomic E-state index is 12.9. The molecule has 28 heavy (non-hydrogen) atoms. The highest BCUT2D eigenvalue weighted by atomic mass is 16.5. The number of hydrogen-bond acceptors (Lipinski definition) is 4. The average molecular weight is 388 g/mol. The summed E-state index contributed by atoms with van der Waals surface area (Å²) >= 11 is 0. The first kappa shape index (κ1) is 21.3. The van der Waals surface area contributed by atoms with Crippen LogP contribution in [-0.2, 0) is 11.3 Å². The first-order valence-electron chi connectivity index (χ1n) is 11.1. The second-order valence-corrected chi connectivity index (χ2v) is 8.19. The maximum absolute atomic E-state index is 12.9. The molecule has 1 N–H and O–H groups in total. The van der Waals surface area contributed by atoms with Crippen LogP contribution in [0.2, 0.25) is 0 Å². The molecule has 5 nitrogen and oxygen atoms in total. The summed E-state index contributed by atoms with van der Waals surface area (Å²) in [4.78, 5) is 17.8. The van der Waals surface area contributed by atoms with Crippen molar-refractivity contribution in [1.82, 2.24) is 15.1 Å². The second kappa shape index (κ2) is 10.9. The molecule has 0 aromatic heterocycles. The summed E-state index contributed by atoms with van der Waals surface area (Å²) < 4.78 is 5.53. The highest BCUT2D eigenvalue weighted by molar-refractivity contribution is 5.94. The molecule has 0 aliphatic carbocycles. The monoisotopic (exact) mass is 387 g/mol. The predicted octanol–water partition coefficient (Wildman–Crippen LogP) is 3.15. The van der Waals surface area contributed by atoms with Gasteiger partial charge in [0.15, 0.2) is 0 Å². The van der Waals surface area contributed by atoms with Crippen LogP contribution in [0.4, 0.5) is 0 Å². The van der Waals surface area contributed by atoms with Gasteiger partial charge in [0, 0.05) is 37.8 Å². The molecule has 2 saturated heterocycles. The van der Waals surface area contributed by atoms with Crippen molar-refractivity contribution in [2.24, 2.45) is 5.92 Å². The Kier molecular flexibility index (Phi) is 8.31. The van der Waals surface area contributed by atoms with E-state index in [2.05, 4.69) is 41.1 Å². The highest BCUT2D eigenvalue weighted by Crippen LogP contribution is 2.20. The molecule has 5 heteroatoms. The Morgan fingerprint density at radius 2 is 1.82 bits per heavy atom. The summed E-state index contributed by atoms with van der Waals surface area (Å²) in [6.45, 7) is 12.0. The molecule has 2 heterocycles. The van der Waals surface area contributed by atoms with Crippen LogP contribution in [0.3, 0.4) is 0 Å². The quantitative estimate of drug-likeness (QED) is 0.707. The van der Waals surface area contributed by atoms with Crippen molar-refractivity contribution in [3.63, 3.8) is 0 Å². The Balaban J connectivity index is 1.60. The summed E-state index contributed by atoms with van der Waals surface area (Å²) in [5.74, 6) is 0.646. The van der Waals surface area contributed by atoms with Gasteiger partial charge in [-0.05, 0) is 49.5 Å². The van der Waals surface area contributed by atoms with E-state index in [1.807, 2.05) is 12.1 Å². The van der Waals surface area contributed by atoms with Gasteiger partial charge in [-0.2, -0.15) is 0 Å². The number of morpholine rings is 1. The number of ether oxygens (including phenoxy) is 1. The molecular weight excluding hydrogens is 350 g/mol. The summed E-state index contributed by atoms with van der Waals surface area (Å²) in [6.07, 6.45) is 4.86. The summed E-state index contributed by atoms with van der Waals surface area (Å²) in [7, 11) is 0. The summed E-state index contributed by atoms with van der Waals surface area (Å²) in [5.41, 5.74) is 2.02. The maximum Gasteiger partial charge on any atom is 0.251 e. The molecule has 156 valence electrons. The zero-order valence-electron chi connectivity index (χ0n) is 17.7. The van der Waals surface area contributed by atoms with E-state index in [4.69, 9.17) is 4.74 Å². The normalized spacial score (nSPS) is 19.8. The predicted molar refractivity (Wildman–Crippen MR) is 114 cm³/mol. The van der Waals surface area contributed by atoms with Gasteiger partial charge in [-0.1, -0.05) is 38.8 Å². The van der Waals surface area contributed by atoms with Crippen LogP contribution in [0.15, 0.2) is 24.3 Å². The molecule has 1 amide bonds. The smallest absolute Gasteiger partial charge is 0.251 e. The minimum atomic E-state index is 0.0486. The van der Waals surface area contributed by atoms with E-state index in [0.29, 0.717) is 18.5 Å². The lowest BCUT2D eigenvalue weighted by Crippen LogP contribution is -2.52. The van der Waals surface area contributed by atoms with Crippen LogP contribution < -0.4 is 5.32 Å². The van der Waals surface area contributed by atoms with Gasteiger partial charge in [0.25, 0.3) is 5.91 Å². The van der Waals surface area contributed by atoms with Gasteiger partial charge >= 0.3 is 0 Å². The number of hydrogen-bond donors (Lipinski definition) is 1. The van der Waals surface area contributed by atoms with Crippen molar-refractivity contribution in [2.75, 3.05) is 45.9 Å². The molecule has 1 aromatic rings. The zero-order chi connectivity index (χ0) is 19.8. The van der Waals surface area contributed by atoms with Crippen molar-refractivity contribution < 1.29 is 9.53 Å². The van der Waals surface area contributed by atoms with E-state index < -0.39 is 0 Å². The molecule has 1 aromatic carbocycles. The van der Waals surface area contributed by atoms with Crippen LogP contribution >= 0.6 is 0 Å². The number of nitrogens with zero attached hydrogens (tertiary/aromatic N) is 2. The Labute approximate surface area is 170 Å². The number of carbonyl (C=O) groups excluding carboxylic acids is 1. The average Bonchev–Trinajstić information content (AvgIpc) is 3.24. The minimum Gasteiger partial charge on any atom is -0.379 e. The van der Waals surface area contributed by atoms with Crippen LogP contribution in [0.5, 0.6) is 0 Å². The van der Waals surface area contributed by atoms with Crippen LogP contribution in [-0.4, -0.2) is 67.7 Å². The molecule has 1 atom stereocenters. The molecular formula is C23H37N3O2. The van der Waals surface area contributed by atoms with Gasteiger partial charge in [0.05, 0.1) is 13.2 Å². The van der Waals surface area contributed by atoms with Crippen molar-refractivity contribution in [2.45, 2.75) is 52.1 Å². The Hall–Kier alpha value is -1.43. The van der Waals surface area contributed by atoms with Crippen molar-refractivity contribution in [1.29, 1.82) is 0 Å². The molecule has 0 saturated carbocycles. The van der Waals surface area contributed by atoms with Gasteiger partial charge in [0.2, 0.25) is 0 Å². The number of benzene rings is 1. The van der Waals surface area contributed by atoms with Crippen molar-refractivity contribution >= 4 is 5.91 Å². The molecule has 1 unspecified atom stereocenters. The fourth-order valence-electron chi connectivity index (χ4n) is 4.65. The number of amides is 1. The SMILES string of the molecule is CCC(CC)C(CNC(=O)c1cccc(CN2CCCC2)c1)N1CCOCC1. The van der Waals surface area contributed by atoms with Gasteiger partial charge in [-0.25, -0.2) is 0 Å². The third kappa shape index (κ3) is 5.79.